The Balaban J connectivity index is 2.27. The largest absolute Gasteiger partial charge is 0.330 e. The number of amides is 1. The van der Waals surface area contributed by atoms with Gasteiger partial charge in [0.2, 0.25) is 0 Å². The lowest BCUT2D eigenvalue weighted by Gasteiger charge is -2.49. The zero-order chi connectivity index (χ0) is 13.4. The first-order valence-electron chi connectivity index (χ1n) is 6.29. The second-order valence-electron chi connectivity index (χ2n) is 6.18. The minimum absolute atomic E-state index is 0.0482. The summed E-state index contributed by atoms with van der Waals surface area (Å²) in [5.41, 5.74) is 0.429. The zero-order valence-corrected chi connectivity index (χ0v) is 11.5. The molecular formula is C14H21N3O. The predicted octanol–water partition coefficient (Wildman–Crippen LogP) is 1.68. The van der Waals surface area contributed by atoms with E-state index >= 15 is 0 Å². The van der Waals surface area contributed by atoms with Crippen molar-refractivity contribution in [3.63, 3.8) is 0 Å². The van der Waals surface area contributed by atoms with Crippen molar-refractivity contribution in [2.24, 2.45) is 0 Å². The fourth-order valence-corrected chi connectivity index (χ4v) is 2.21. The number of pyridine rings is 1. The molecule has 0 aromatic carbocycles. The minimum Gasteiger partial charge on any atom is -0.330 e. The minimum atomic E-state index is -0.178. The van der Waals surface area contributed by atoms with Gasteiger partial charge in [-0.05, 0) is 39.8 Å². The maximum absolute atomic E-state index is 12.6. The fraction of sp³-hybridized carbons (Fsp3) is 0.571. The summed E-state index contributed by atoms with van der Waals surface area (Å²) in [6, 6.07) is 3.62. The Labute approximate surface area is 108 Å². The highest BCUT2D eigenvalue weighted by molar-refractivity contribution is 5.94. The Hall–Kier alpha value is -1.42. The maximum Gasteiger partial charge on any atom is 0.255 e. The third-order valence-corrected chi connectivity index (χ3v) is 3.44. The molecule has 0 saturated carbocycles. The fourth-order valence-electron chi connectivity index (χ4n) is 2.21. The van der Waals surface area contributed by atoms with Crippen LogP contribution >= 0.6 is 0 Å². The zero-order valence-electron chi connectivity index (χ0n) is 11.5. The lowest BCUT2D eigenvalue weighted by Crippen LogP contribution is -2.67. The topological polar surface area (TPSA) is 45.2 Å². The SMILES string of the molecule is CC1(C)CN(C(=O)c2cccnc2)C(C)(C)CN1. The summed E-state index contributed by atoms with van der Waals surface area (Å²) < 4.78 is 0. The number of carbonyl (C=O) groups excluding carboxylic acids is 1. The van der Waals surface area contributed by atoms with Crippen molar-refractivity contribution < 1.29 is 4.79 Å². The lowest BCUT2D eigenvalue weighted by molar-refractivity contribution is 0.0281. The predicted molar refractivity (Wildman–Crippen MR) is 71.4 cm³/mol. The quantitative estimate of drug-likeness (QED) is 0.821. The molecule has 0 bridgehead atoms. The summed E-state index contributed by atoms with van der Waals surface area (Å²) in [5.74, 6) is 0.0580. The van der Waals surface area contributed by atoms with Gasteiger partial charge < -0.3 is 10.2 Å². The van der Waals surface area contributed by atoms with Gasteiger partial charge in [0, 0.05) is 31.0 Å². The standard InChI is InChI=1S/C14H21N3O/c1-13(2)10-17(14(3,4)9-16-13)12(18)11-6-5-7-15-8-11/h5-8,16H,9-10H2,1-4H3. The van der Waals surface area contributed by atoms with Gasteiger partial charge in [0.15, 0.2) is 0 Å². The second kappa shape index (κ2) is 4.35. The highest BCUT2D eigenvalue weighted by atomic mass is 16.2. The molecule has 2 rings (SSSR count). The van der Waals surface area contributed by atoms with Crippen LogP contribution in [0.4, 0.5) is 0 Å². The number of aromatic nitrogens is 1. The maximum atomic E-state index is 12.6. The first-order valence-corrected chi connectivity index (χ1v) is 6.29. The van der Waals surface area contributed by atoms with Crippen LogP contribution in [0, 0.1) is 0 Å². The molecule has 1 amide bonds. The Kier molecular flexibility index (Phi) is 3.15. The summed E-state index contributed by atoms with van der Waals surface area (Å²) in [6.45, 7) is 9.91. The van der Waals surface area contributed by atoms with Crippen molar-refractivity contribution in [2.75, 3.05) is 13.1 Å². The lowest BCUT2D eigenvalue weighted by atomic mass is 9.91. The Morgan fingerprint density at radius 1 is 1.39 bits per heavy atom. The van der Waals surface area contributed by atoms with Crippen molar-refractivity contribution in [2.45, 2.75) is 38.8 Å². The molecule has 1 N–H and O–H groups in total. The van der Waals surface area contributed by atoms with Crippen molar-refractivity contribution in [1.82, 2.24) is 15.2 Å². The highest BCUT2D eigenvalue weighted by Crippen LogP contribution is 2.25. The molecule has 0 radical (unpaired) electrons. The summed E-state index contributed by atoms with van der Waals surface area (Å²) in [4.78, 5) is 18.5. The molecule has 1 saturated heterocycles. The van der Waals surface area contributed by atoms with E-state index in [1.54, 1.807) is 18.5 Å². The van der Waals surface area contributed by atoms with Gasteiger partial charge >= 0.3 is 0 Å². The van der Waals surface area contributed by atoms with Crippen molar-refractivity contribution in [3.8, 4) is 0 Å². The van der Waals surface area contributed by atoms with Gasteiger partial charge in [-0.3, -0.25) is 9.78 Å². The first kappa shape index (κ1) is 13.0. The third-order valence-electron chi connectivity index (χ3n) is 3.44. The van der Waals surface area contributed by atoms with Crippen LogP contribution in [0.25, 0.3) is 0 Å². The van der Waals surface area contributed by atoms with Gasteiger partial charge in [-0.25, -0.2) is 0 Å². The van der Waals surface area contributed by atoms with Crippen LogP contribution in [0.15, 0.2) is 24.5 Å². The molecule has 1 aromatic rings. The van der Waals surface area contributed by atoms with E-state index in [0.29, 0.717) is 12.1 Å². The van der Waals surface area contributed by atoms with Crippen molar-refractivity contribution >= 4 is 5.91 Å². The smallest absolute Gasteiger partial charge is 0.255 e. The van der Waals surface area contributed by atoms with E-state index < -0.39 is 0 Å². The molecule has 1 aliphatic rings. The molecule has 4 heteroatoms. The summed E-state index contributed by atoms with van der Waals surface area (Å²) in [7, 11) is 0. The number of carbonyl (C=O) groups is 1. The number of hydrogen-bond acceptors (Lipinski definition) is 3. The Morgan fingerprint density at radius 3 is 2.72 bits per heavy atom. The molecule has 2 heterocycles. The molecule has 0 atom stereocenters. The van der Waals surface area contributed by atoms with Gasteiger partial charge in [-0.15, -0.1) is 0 Å². The van der Waals surface area contributed by atoms with Crippen LogP contribution in [-0.4, -0.2) is 40.0 Å². The number of nitrogens with one attached hydrogen (secondary N) is 1. The van der Waals surface area contributed by atoms with E-state index in [0.717, 1.165) is 6.54 Å². The first-order chi connectivity index (χ1) is 8.32. The van der Waals surface area contributed by atoms with E-state index in [1.165, 1.54) is 0 Å². The van der Waals surface area contributed by atoms with E-state index in [1.807, 2.05) is 11.0 Å². The van der Waals surface area contributed by atoms with Crippen LogP contribution < -0.4 is 5.32 Å². The summed E-state index contributed by atoms with van der Waals surface area (Å²) in [5, 5.41) is 3.48. The number of rotatable bonds is 1. The molecule has 0 aliphatic carbocycles. The molecule has 1 fully saturated rings. The number of nitrogens with zero attached hydrogens (tertiary/aromatic N) is 2. The summed E-state index contributed by atoms with van der Waals surface area (Å²) in [6.07, 6.45) is 3.32. The highest BCUT2D eigenvalue weighted by Gasteiger charge is 2.40. The van der Waals surface area contributed by atoms with Gasteiger partial charge in [0.1, 0.15) is 0 Å². The average molecular weight is 247 g/mol. The van der Waals surface area contributed by atoms with E-state index in [-0.39, 0.29) is 17.0 Å². The van der Waals surface area contributed by atoms with Gasteiger partial charge in [-0.1, -0.05) is 0 Å². The molecule has 1 aliphatic heterocycles. The van der Waals surface area contributed by atoms with Crippen LogP contribution in [0.3, 0.4) is 0 Å². The van der Waals surface area contributed by atoms with Gasteiger partial charge in [0.05, 0.1) is 11.1 Å². The molecular weight excluding hydrogens is 226 g/mol. The Bertz CT molecular complexity index is 440. The van der Waals surface area contributed by atoms with E-state index in [9.17, 15) is 4.79 Å². The Morgan fingerprint density at radius 2 is 2.11 bits per heavy atom. The van der Waals surface area contributed by atoms with Gasteiger partial charge in [0.25, 0.3) is 5.91 Å². The normalized spacial score (nSPS) is 21.7. The van der Waals surface area contributed by atoms with Crippen molar-refractivity contribution in [3.05, 3.63) is 30.1 Å². The van der Waals surface area contributed by atoms with Gasteiger partial charge in [-0.2, -0.15) is 0 Å². The van der Waals surface area contributed by atoms with Crippen LogP contribution in [0.1, 0.15) is 38.1 Å². The molecule has 18 heavy (non-hydrogen) atoms. The molecule has 0 spiro atoms. The van der Waals surface area contributed by atoms with E-state index in [2.05, 4.69) is 38.0 Å². The van der Waals surface area contributed by atoms with Crippen molar-refractivity contribution in [1.29, 1.82) is 0 Å². The number of hydrogen-bond donors (Lipinski definition) is 1. The summed E-state index contributed by atoms with van der Waals surface area (Å²) >= 11 is 0. The molecule has 0 unspecified atom stereocenters. The molecule has 98 valence electrons. The van der Waals surface area contributed by atoms with E-state index in [4.69, 9.17) is 0 Å². The molecule has 4 nitrogen and oxygen atoms in total. The van der Waals surface area contributed by atoms with Crippen LogP contribution in [0.5, 0.6) is 0 Å². The third kappa shape index (κ3) is 2.53. The van der Waals surface area contributed by atoms with Crippen LogP contribution in [-0.2, 0) is 0 Å². The molecule has 1 aromatic heterocycles. The average Bonchev–Trinajstić information content (AvgIpc) is 2.33. The second-order valence-corrected chi connectivity index (χ2v) is 6.18. The monoisotopic (exact) mass is 247 g/mol. The van der Waals surface area contributed by atoms with Crippen LogP contribution in [0.2, 0.25) is 0 Å². The number of piperazine rings is 1.